The van der Waals surface area contributed by atoms with Crippen LogP contribution in [0.3, 0.4) is 0 Å². The van der Waals surface area contributed by atoms with Crippen molar-refractivity contribution in [2.75, 3.05) is 6.61 Å². The number of esters is 1. The molecule has 1 heterocycles. The number of rotatable bonds is 4. The minimum Gasteiger partial charge on any atom is -0.452 e. The molecular weight excluding hydrogens is 376 g/mol. The number of nitro groups is 1. The molecule has 0 radical (unpaired) electrons. The molecule has 1 aliphatic rings. The number of carbonyl (C=O) groups excluding carboxylic acids is 3. The third-order valence-electron chi connectivity index (χ3n) is 4.42. The molecule has 0 unspecified atom stereocenters. The van der Waals surface area contributed by atoms with Gasteiger partial charge in [0.25, 0.3) is 11.6 Å². The largest absolute Gasteiger partial charge is 0.452 e. The van der Waals surface area contributed by atoms with Gasteiger partial charge in [0, 0.05) is 35.0 Å². The number of likely N-dealkylation sites (tertiary alicyclic amines) is 1. The second-order valence-electron chi connectivity index (χ2n) is 7.74. The summed E-state index contributed by atoms with van der Waals surface area (Å²) in [7, 11) is 0. The van der Waals surface area contributed by atoms with E-state index in [1.807, 2.05) is 0 Å². The monoisotopic (exact) mass is 396 g/mol. The fourth-order valence-corrected chi connectivity index (χ4v) is 3.94. The van der Waals surface area contributed by atoms with Crippen LogP contribution in [-0.4, -0.2) is 45.2 Å². The Labute approximate surface area is 161 Å². The number of halogens is 1. The van der Waals surface area contributed by atoms with Crippen molar-refractivity contribution in [3.8, 4) is 0 Å². The van der Waals surface area contributed by atoms with E-state index in [4.69, 9.17) is 16.3 Å². The highest BCUT2D eigenvalue weighted by atomic mass is 35.5. The zero-order valence-corrected chi connectivity index (χ0v) is 16.3. The number of nitrogens with zero attached hydrogens (tertiary/aromatic N) is 2. The first-order valence-electron chi connectivity index (χ1n) is 8.31. The van der Waals surface area contributed by atoms with Gasteiger partial charge in [0.2, 0.25) is 0 Å². The molecule has 0 bridgehead atoms. The smallest absolute Gasteiger partial charge is 0.345 e. The van der Waals surface area contributed by atoms with Crippen molar-refractivity contribution in [2.24, 2.45) is 0 Å². The summed E-state index contributed by atoms with van der Waals surface area (Å²) in [6, 6.07) is 3.55. The lowest BCUT2D eigenvalue weighted by atomic mass is 9.79. The maximum absolute atomic E-state index is 12.7. The van der Waals surface area contributed by atoms with Gasteiger partial charge in [-0.1, -0.05) is 11.6 Å². The van der Waals surface area contributed by atoms with E-state index in [2.05, 4.69) is 0 Å². The van der Waals surface area contributed by atoms with E-state index in [9.17, 15) is 24.5 Å². The third-order valence-corrected chi connectivity index (χ3v) is 4.66. The van der Waals surface area contributed by atoms with E-state index in [0.29, 0.717) is 0 Å². The molecule has 1 amide bonds. The number of piperidine rings is 1. The Hall–Kier alpha value is -2.48. The number of hydrogen-bond acceptors (Lipinski definition) is 6. The van der Waals surface area contributed by atoms with Crippen LogP contribution >= 0.6 is 11.6 Å². The first-order valence-corrected chi connectivity index (χ1v) is 8.69. The standard InChI is InChI=1S/C18H21ClN2O6/c1-17(2)8-12(22)9-18(3,4)20(17)15(23)10-27-16(24)13-6-5-11(19)7-14(13)21(25)26/h5-7H,8-10H2,1-4H3. The van der Waals surface area contributed by atoms with Crippen molar-refractivity contribution in [1.29, 1.82) is 0 Å². The fraction of sp³-hybridized carbons (Fsp3) is 0.500. The van der Waals surface area contributed by atoms with Gasteiger partial charge in [-0.05, 0) is 39.8 Å². The predicted molar refractivity (Wildman–Crippen MR) is 97.6 cm³/mol. The van der Waals surface area contributed by atoms with E-state index in [-0.39, 0.29) is 29.2 Å². The third kappa shape index (κ3) is 4.44. The Kier molecular flexibility index (Phi) is 5.60. The van der Waals surface area contributed by atoms with Crippen molar-refractivity contribution in [3.63, 3.8) is 0 Å². The average Bonchev–Trinajstić information content (AvgIpc) is 2.49. The van der Waals surface area contributed by atoms with Crippen LogP contribution < -0.4 is 0 Å². The van der Waals surface area contributed by atoms with Crippen LogP contribution in [0.15, 0.2) is 18.2 Å². The highest BCUT2D eigenvalue weighted by Gasteiger charge is 2.47. The first-order chi connectivity index (χ1) is 12.3. The van der Waals surface area contributed by atoms with E-state index < -0.39 is 40.2 Å². The molecule has 146 valence electrons. The highest BCUT2D eigenvalue weighted by Crippen LogP contribution is 2.36. The van der Waals surface area contributed by atoms with Crippen LogP contribution in [0.5, 0.6) is 0 Å². The van der Waals surface area contributed by atoms with Crippen molar-refractivity contribution < 1.29 is 24.0 Å². The van der Waals surface area contributed by atoms with Gasteiger partial charge in [0.1, 0.15) is 11.3 Å². The number of benzene rings is 1. The summed E-state index contributed by atoms with van der Waals surface area (Å²) in [6.07, 6.45) is 0.414. The number of nitro benzene ring substituents is 1. The van der Waals surface area contributed by atoms with E-state index >= 15 is 0 Å². The zero-order chi connectivity index (χ0) is 20.6. The molecule has 0 aromatic heterocycles. The normalized spacial score (nSPS) is 18.1. The summed E-state index contributed by atoms with van der Waals surface area (Å²) in [5, 5.41) is 11.2. The maximum Gasteiger partial charge on any atom is 0.345 e. The molecule has 0 saturated carbocycles. The van der Waals surface area contributed by atoms with E-state index in [1.165, 1.54) is 12.1 Å². The molecule has 0 N–H and O–H groups in total. The van der Waals surface area contributed by atoms with Gasteiger partial charge in [-0.25, -0.2) is 4.79 Å². The zero-order valence-electron chi connectivity index (χ0n) is 15.6. The Morgan fingerprint density at radius 1 is 1.22 bits per heavy atom. The van der Waals surface area contributed by atoms with Crippen LogP contribution in [0.1, 0.15) is 50.9 Å². The van der Waals surface area contributed by atoms with Crippen LogP contribution in [-0.2, 0) is 14.3 Å². The molecule has 1 fully saturated rings. The second-order valence-corrected chi connectivity index (χ2v) is 8.18. The lowest BCUT2D eigenvalue weighted by Crippen LogP contribution is -2.63. The lowest BCUT2D eigenvalue weighted by molar-refractivity contribution is -0.385. The molecule has 1 saturated heterocycles. The molecule has 2 rings (SSSR count). The fourth-order valence-electron chi connectivity index (χ4n) is 3.78. The Balaban J connectivity index is 2.17. The van der Waals surface area contributed by atoms with Crippen molar-refractivity contribution in [3.05, 3.63) is 38.9 Å². The topological polar surface area (TPSA) is 107 Å². The Bertz CT molecular complexity index is 798. The van der Waals surface area contributed by atoms with Gasteiger partial charge in [0.15, 0.2) is 6.61 Å². The summed E-state index contributed by atoms with van der Waals surface area (Å²) in [5.41, 5.74) is -2.24. The first kappa shape index (κ1) is 20.8. The predicted octanol–water partition coefficient (Wildman–Crippen LogP) is 3.15. The molecule has 8 nitrogen and oxygen atoms in total. The average molecular weight is 397 g/mol. The molecule has 1 aromatic carbocycles. The Morgan fingerprint density at radius 2 is 1.78 bits per heavy atom. The van der Waals surface area contributed by atoms with Crippen molar-refractivity contribution >= 4 is 34.9 Å². The lowest BCUT2D eigenvalue weighted by Gasteiger charge is -2.51. The summed E-state index contributed by atoms with van der Waals surface area (Å²) in [5.74, 6) is -1.40. The highest BCUT2D eigenvalue weighted by molar-refractivity contribution is 6.31. The van der Waals surface area contributed by atoms with Crippen molar-refractivity contribution in [2.45, 2.75) is 51.6 Å². The molecule has 9 heteroatoms. The SMILES string of the molecule is CC1(C)CC(=O)CC(C)(C)N1C(=O)COC(=O)c1ccc(Cl)cc1[N+](=O)[O-]. The molecule has 27 heavy (non-hydrogen) atoms. The summed E-state index contributed by atoms with van der Waals surface area (Å²) >= 11 is 5.72. The van der Waals surface area contributed by atoms with Crippen LogP contribution in [0.25, 0.3) is 0 Å². The van der Waals surface area contributed by atoms with Gasteiger partial charge in [0.05, 0.1) is 4.92 Å². The van der Waals surface area contributed by atoms with Crippen LogP contribution in [0.4, 0.5) is 5.69 Å². The Morgan fingerprint density at radius 3 is 2.30 bits per heavy atom. The van der Waals surface area contributed by atoms with Gasteiger partial charge < -0.3 is 9.64 Å². The summed E-state index contributed by atoms with van der Waals surface area (Å²) in [4.78, 5) is 48.8. The van der Waals surface area contributed by atoms with E-state index in [1.54, 1.807) is 32.6 Å². The van der Waals surface area contributed by atoms with Gasteiger partial charge in [-0.2, -0.15) is 0 Å². The quantitative estimate of drug-likeness (QED) is 0.439. The molecular formula is C18H21ClN2O6. The summed E-state index contributed by atoms with van der Waals surface area (Å²) in [6.45, 7) is 6.51. The van der Waals surface area contributed by atoms with Gasteiger partial charge in [-0.15, -0.1) is 0 Å². The number of carbonyl (C=O) groups is 3. The number of ketones is 1. The van der Waals surface area contributed by atoms with Gasteiger partial charge in [-0.3, -0.25) is 19.7 Å². The second kappa shape index (κ2) is 7.26. The van der Waals surface area contributed by atoms with Gasteiger partial charge >= 0.3 is 5.97 Å². The maximum atomic E-state index is 12.7. The minimum atomic E-state index is -0.990. The number of ether oxygens (including phenoxy) is 1. The molecule has 0 atom stereocenters. The van der Waals surface area contributed by atoms with Crippen LogP contribution in [0, 0.1) is 10.1 Å². The number of Topliss-reactive ketones (excluding diaryl/α,β-unsaturated/α-hetero) is 1. The van der Waals surface area contributed by atoms with Crippen molar-refractivity contribution in [1.82, 2.24) is 4.90 Å². The summed E-state index contributed by atoms with van der Waals surface area (Å²) < 4.78 is 5.02. The number of hydrogen-bond donors (Lipinski definition) is 0. The van der Waals surface area contributed by atoms with E-state index in [0.717, 1.165) is 6.07 Å². The minimum absolute atomic E-state index is 0.0582. The molecule has 0 aliphatic carbocycles. The molecule has 1 aliphatic heterocycles. The molecule has 0 spiro atoms. The molecule has 1 aromatic rings. The number of amides is 1. The van der Waals surface area contributed by atoms with Crippen LogP contribution in [0.2, 0.25) is 5.02 Å².